The number of nitrogens with two attached hydrogens (primary N) is 1. The fourth-order valence-corrected chi connectivity index (χ4v) is 1.71. The number of hydrogen-bond acceptors (Lipinski definition) is 4. The maximum Gasteiger partial charge on any atom is 0.387 e. The number of nitrogen functional groups attached to an aromatic ring is 1. The van der Waals surface area contributed by atoms with Gasteiger partial charge in [0.2, 0.25) is 0 Å². The van der Waals surface area contributed by atoms with Gasteiger partial charge in [-0.1, -0.05) is 11.6 Å². The Labute approximate surface area is 123 Å². The highest BCUT2D eigenvalue weighted by Crippen LogP contribution is 2.20. The van der Waals surface area contributed by atoms with E-state index in [2.05, 4.69) is 15.0 Å². The Hall–Kier alpha value is -2.41. The lowest BCUT2D eigenvalue weighted by Crippen LogP contribution is -2.14. The Morgan fingerprint density at radius 2 is 2.00 bits per heavy atom. The first-order valence-corrected chi connectivity index (χ1v) is 6.11. The lowest BCUT2D eigenvalue weighted by atomic mass is 10.2. The standard InChI is InChI=1S/C13H10ClF2N3O2/c14-11-5-9(10(17)6-18-11)12(20)19-7-1-3-8(4-2-7)21-13(15)16/h1-6,13H,17H2,(H,19,20). The minimum Gasteiger partial charge on any atom is -0.435 e. The summed E-state index contributed by atoms with van der Waals surface area (Å²) >= 11 is 5.70. The maximum absolute atomic E-state index is 12.0. The number of halogens is 3. The summed E-state index contributed by atoms with van der Waals surface area (Å²) in [5, 5.41) is 2.69. The number of hydrogen-bond donors (Lipinski definition) is 2. The van der Waals surface area contributed by atoms with E-state index in [1.807, 2.05) is 0 Å². The van der Waals surface area contributed by atoms with Crippen LogP contribution in [-0.2, 0) is 0 Å². The molecule has 0 radical (unpaired) electrons. The molecular formula is C13H10ClF2N3O2. The molecule has 1 aromatic heterocycles. The van der Waals surface area contributed by atoms with E-state index < -0.39 is 12.5 Å². The number of amides is 1. The van der Waals surface area contributed by atoms with Gasteiger partial charge in [0.15, 0.2) is 0 Å². The molecule has 5 nitrogen and oxygen atoms in total. The minimum absolute atomic E-state index is 0.00512. The number of pyridine rings is 1. The van der Waals surface area contributed by atoms with Crippen molar-refractivity contribution < 1.29 is 18.3 Å². The molecule has 0 saturated carbocycles. The minimum atomic E-state index is -2.90. The number of nitrogens with one attached hydrogen (secondary N) is 1. The first-order valence-electron chi connectivity index (χ1n) is 5.73. The van der Waals surface area contributed by atoms with Crippen molar-refractivity contribution in [3.8, 4) is 5.75 Å². The highest BCUT2D eigenvalue weighted by molar-refractivity contribution is 6.30. The Morgan fingerprint density at radius 1 is 1.33 bits per heavy atom. The van der Waals surface area contributed by atoms with Crippen molar-refractivity contribution in [1.29, 1.82) is 0 Å². The number of alkyl halides is 2. The summed E-state index contributed by atoms with van der Waals surface area (Å²) in [5.41, 5.74) is 6.38. The topological polar surface area (TPSA) is 77.2 Å². The molecule has 0 aliphatic heterocycles. The Bertz CT molecular complexity index is 650. The Kier molecular flexibility index (Phi) is 4.54. The predicted octanol–water partition coefficient (Wildman–Crippen LogP) is 3.17. The number of carbonyl (C=O) groups excluding carboxylic acids is 1. The van der Waals surface area contributed by atoms with Gasteiger partial charge >= 0.3 is 6.61 Å². The molecular weight excluding hydrogens is 304 g/mol. The Balaban J connectivity index is 2.10. The fourth-order valence-electron chi connectivity index (χ4n) is 1.56. The summed E-state index contributed by atoms with van der Waals surface area (Å²) in [6.45, 7) is -2.90. The van der Waals surface area contributed by atoms with Crippen molar-refractivity contribution in [3.63, 3.8) is 0 Å². The molecule has 2 rings (SSSR count). The van der Waals surface area contributed by atoms with Gasteiger partial charge in [0.25, 0.3) is 5.91 Å². The summed E-state index contributed by atoms with van der Waals surface area (Å²) in [6, 6.07) is 6.80. The van der Waals surface area contributed by atoms with Crippen LogP contribution in [0.15, 0.2) is 36.5 Å². The fraction of sp³-hybridized carbons (Fsp3) is 0.0769. The first-order chi connectivity index (χ1) is 9.95. The van der Waals surface area contributed by atoms with Crippen molar-refractivity contribution in [3.05, 3.63) is 47.2 Å². The predicted molar refractivity (Wildman–Crippen MR) is 74.7 cm³/mol. The molecule has 1 aromatic carbocycles. The van der Waals surface area contributed by atoms with Crippen LogP contribution in [0, 0.1) is 0 Å². The highest BCUT2D eigenvalue weighted by Gasteiger charge is 2.12. The van der Waals surface area contributed by atoms with E-state index in [1.54, 1.807) is 0 Å². The second-order valence-electron chi connectivity index (χ2n) is 3.95. The van der Waals surface area contributed by atoms with Crippen molar-refractivity contribution in [2.24, 2.45) is 0 Å². The quantitative estimate of drug-likeness (QED) is 0.850. The first kappa shape index (κ1) is 15.0. The van der Waals surface area contributed by atoms with Crippen LogP contribution < -0.4 is 15.8 Å². The summed E-state index contributed by atoms with van der Waals surface area (Å²) in [4.78, 5) is 15.8. The van der Waals surface area contributed by atoms with Gasteiger partial charge in [0, 0.05) is 5.69 Å². The van der Waals surface area contributed by atoms with Crippen LogP contribution in [0.25, 0.3) is 0 Å². The van der Waals surface area contributed by atoms with Crippen molar-refractivity contribution >= 4 is 28.9 Å². The van der Waals surface area contributed by atoms with E-state index in [4.69, 9.17) is 17.3 Å². The zero-order chi connectivity index (χ0) is 15.4. The molecule has 2 aromatic rings. The summed E-state index contributed by atoms with van der Waals surface area (Å²) in [5.74, 6) is -0.492. The molecule has 21 heavy (non-hydrogen) atoms. The summed E-state index contributed by atoms with van der Waals surface area (Å²) in [7, 11) is 0. The molecule has 8 heteroatoms. The van der Waals surface area contributed by atoms with Crippen LogP contribution in [0.4, 0.5) is 20.2 Å². The van der Waals surface area contributed by atoms with E-state index in [-0.39, 0.29) is 22.2 Å². The molecule has 1 amide bonds. The van der Waals surface area contributed by atoms with Crippen LogP contribution in [0.1, 0.15) is 10.4 Å². The van der Waals surface area contributed by atoms with Crippen LogP contribution in [0.3, 0.4) is 0 Å². The van der Waals surface area contributed by atoms with E-state index in [1.165, 1.54) is 36.5 Å². The van der Waals surface area contributed by atoms with Gasteiger partial charge in [-0.05, 0) is 30.3 Å². The molecule has 0 spiro atoms. The number of nitrogens with zero attached hydrogens (tertiary/aromatic N) is 1. The second-order valence-corrected chi connectivity index (χ2v) is 4.34. The smallest absolute Gasteiger partial charge is 0.387 e. The van der Waals surface area contributed by atoms with Crippen molar-refractivity contribution in [2.45, 2.75) is 6.61 Å². The number of aromatic nitrogens is 1. The van der Waals surface area contributed by atoms with Crippen LogP contribution in [0.5, 0.6) is 5.75 Å². The zero-order valence-corrected chi connectivity index (χ0v) is 11.3. The lowest BCUT2D eigenvalue weighted by molar-refractivity contribution is -0.0498. The molecule has 0 fully saturated rings. The van der Waals surface area contributed by atoms with Gasteiger partial charge in [0.1, 0.15) is 10.9 Å². The van der Waals surface area contributed by atoms with Gasteiger partial charge in [-0.3, -0.25) is 4.79 Å². The summed E-state index contributed by atoms with van der Waals surface area (Å²) in [6.07, 6.45) is 1.27. The highest BCUT2D eigenvalue weighted by atomic mass is 35.5. The average Bonchev–Trinajstić information content (AvgIpc) is 2.43. The monoisotopic (exact) mass is 313 g/mol. The third-order valence-corrected chi connectivity index (χ3v) is 2.69. The third kappa shape index (κ3) is 4.03. The molecule has 0 bridgehead atoms. The molecule has 0 aliphatic carbocycles. The SMILES string of the molecule is Nc1cnc(Cl)cc1C(=O)Nc1ccc(OC(F)F)cc1. The maximum atomic E-state index is 12.0. The van der Waals surface area contributed by atoms with Gasteiger partial charge in [-0.25, -0.2) is 4.98 Å². The number of carbonyl (C=O) groups is 1. The van der Waals surface area contributed by atoms with Crippen molar-refractivity contribution in [2.75, 3.05) is 11.1 Å². The second kappa shape index (κ2) is 6.36. The van der Waals surface area contributed by atoms with Crippen molar-refractivity contribution in [1.82, 2.24) is 4.98 Å². The van der Waals surface area contributed by atoms with E-state index in [9.17, 15) is 13.6 Å². The van der Waals surface area contributed by atoms with Crippen LogP contribution in [-0.4, -0.2) is 17.5 Å². The molecule has 0 atom stereocenters. The largest absolute Gasteiger partial charge is 0.435 e. The molecule has 3 N–H and O–H groups in total. The van der Waals surface area contributed by atoms with E-state index in [0.29, 0.717) is 5.69 Å². The molecule has 0 aliphatic rings. The normalized spacial score (nSPS) is 10.5. The van der Waals surface area contributed by atoms with Crippen LogP contribution in [0.2, 0.25) is 5.15 Å². The van der Waals surface area contributed by atoms with E-state index >= 15 is 0 Å². The average molecular weight is 314 g/mol. The van der Waals surface area contributed by atoms with Gasteiger partial charge in [-0.15, -0.1) is 0 Å². The summed E-state index contributed by atoms with van der Waals surface area (Å²) < 4.78 is 28.2. The van der Waals surface area contributed by atoms with Gasteiger partial charge in [-0.2, -0.15) is 8.78 Å². The Morgan fingerprint density at radius 3 is 2.62 bits per heavy atom. The third-order valence-electron chi connectivity index (χ3n) is 2.48. The zero-order valence-electron chi connectivity index (χ0n) is 10.5. The van der Waals surface area contributed by atoms with Crippen LogP contribution >= 0.6 is 11.6 Å². The number of benzene rings is 1. The molecule has 0 unspecified atom stereocenters. The number of rotatable bonds is 4. The molecule has 110 valence electrons. The molecule has 0 saturated heterocycles. The lowest BCUT2D eigenvalue weighted by Gasteiger charge is -2.09. The van der Waals surface area contributed by atoms with Gasteiger partial charge < -0.3 is 15.8 Å². The van der Waals surface area contributed by atoms with E-state index in [0.717, 1.165) is 0 Å². The molecule has 1 heterocycles. The number of anilines is 2. The number of ether oxygens (including phenoxy) is 1. The van der Waals surface area contributed by atoms with Gasteiger partial charge in [0.05, 0.1) is 17.4 Å².